The second-order valence-electron chi connectivity index (χ2n) is 6.48. The summed E-state index contributed by atoms with van der Waals surface area (Å²) in [6, 6.07) is 7.14. The van der Waals surface area contributed by atoms with Crippen LogP contribution in [0.2, 0.25) is 0 Å². The Balaban J connectivity index is 2.03. The van der Waals surface area contributed by atoms with Crippen LogP contribution in [0.15, 0.2) is 24.3 Å². The maximum absolute atomic E-state index is 13.3. The number of halogens is 1. The summed E-state index contributed by atoms with van der Waals surface area (Å²) in [6.07, 6.45) is 3.71. The van der Waals surface area contributed by atoms with Crippen LogP contribution in [0, 0.1) is 11.7 Å². The van der Waals surface area contributed by atoms with Crippen molar-refractivity contribution >= 4 is 0 Å². The molecule has 1 aromatic carbocycles. The van der Waals surface area contributed by atoms with Crippen molar-refractivity contribution in [3.63, 3.8) is 0 Å². The van der Waals surface area contributed by atoms with Crippen LogP contribution in [-0.2, 0) is 0 Å². The molecule has 1 aliphatic carbocycles. The molecule has 2 atom stereocenters. The zero-order valence-corrected chi connectivity index (χ0v) is 11.7. The molecule has 0 aromatic heterocycles. The van der Waals surface area contributed by atoms with Crippen LogP contribution in [0.1, 0.15) is 51.5 Å². The van der Waals surface area contributed by atoms with E-state index in [1.54, 1.807) is 6.07 Å². The zero-order chi connectivity index (χ0) is 13.2. The molecular weight excluding hydrogens is 225 g/mol. The third-order valence-corrected chi connectivity index (χ3v) is 3.83. The van der Waals surface area contributed by atoms with Gasteiger partial charge in [-0.3, -0.25) is 0 Å². The van der Waals surface area contributed by atoms with Gasteiger partial charge in [-0.15, -0.1) is 0 Å². The normalized spacial score (nSPS) is 24.4. The second kappa shape index (κ2) is 5.40. The highest BCUT2D eigenvalue weighted by Crippen LogP contribution is 2.39. The lowest BCUT2D eigenvalue weighted by Crippen LogP contribution is -2.39. The van der Waals surface area contributed by atoms with Gasteiger partial charge in [-0.2, -0.15) is 0 Å². The van der Waals surface area contributed by atoms with Crippen LogP contribution in [0.5, 0.6) is 0 Å². The molecule has 0 saturated heterocycles. The van der Waals surface area contributed by atoms with Gasteiger partial charge in [0, 0.05) is 5.54 Å². The molecule has 100 valence electrons. The molecule has 2 rings (SSSR count). The highest BCUT2D eigenvalue weighted by molar-refractivity contribution is 5.22. The maximum atomic E-state index is 13.3. The molecule has 1 aliphatic rings. The smallest absolute Gasteiger partial charge is 0.123 e. The Kier molecular flexibility index (Phi) is 4.06. The summed E-state index contributed by atoms with van der Waals surface area (Å²) in [7, 11) is 0. The highest BCUT2D eigenvalue weighted by Gasteiger charge is 2.29. The summed E-state index contributed by atoms with van der Waals surface area (Å²) in [5, 5.41) is 3.58. The van der Waals surface area contributed by atoms with Gasteiger partial charge in [0.25, 0.3) is 0 Å². The van der Waals surface area contributed by atoms with Gasteiger partial charge in [0.2, 0.25) is 0 Å². The quantitative estimate of drug-likeness (QED) is 0.850. The molecule has 18 heavy (non-hydrogen) atoms. The lowest BCUT2D eigenvalue weighted by atomic mass is 9.88. The first-order valence-electron chi connectivity index (χ1n) is 6.96. The molecule has 1 aromatic rings. The van der Waals surface area contributed by atoms with E-state index < -0.39 is 0 Å². The van der Waals surface area contributed by atoms with Crippen molar-refractivity contribution < 1.29 is 4.39 Å². The molecule has 1 saturated carbocycles. The zero-order valence-electron chi connectivity index (χ0n) is 11.7. The molecule has 1 fully saturated rings. The molecule has 0 bridgehead atoms. The Morgan fingerprint density at radius 3 is 2.72 bits per heavy atom. The van der Waals surface area contributed by atoms with Crippen LogP contribution < -0.4 is 5.32 Å². The minimum absolute atomic E-state index is 0.109. The molecule has 2 unspecified atom stereocenters. The van der Waals surface area contributed by atoms with Crippen LogP contribution in [0.4, 0.5) is 4.39 Å². The first kappa shape index (κ1) is 13.5. The van der Waals surface area contributed by atoms with Gasteiger partial charge in [-0.25, -0.2) is 4.39 Å². The topological polar surface area (TPSA) is 12.0 Å². The Bertz CT molecular complexity index is 394. The summed E-state index contributed by atoms with van der Waals surface area (Å²) in [4.78, 5) is 0. The van der Waals surface area contributed by atoms with Crippen LogP contribution in [0.3, 0.4) is 0 Å². The summed E-state index contributed by atoms with van der Waals surface area (Å²) < 4.78 is 13.3. The van der Waals surface area contributed by atoms with Gasteiger partial charge in [-0.1, -0.05) is 18.6 Å². The van der Waals surface area contributed by atoms with E-state index in [1.807, 2.05) is 6.07 Å². The predicted octanol–water partition coefficient (Wildman–Crippen LogP) is 4.10. The minimum atomic E-state index is -0.109. The van der Waals surface area contributed by atoms with Crippen molar-refractivity contribution in [2.75, 3.05) is 6.54 Å². The van der Waals surface area contributed by atoms with E-state index in [2.05, 4.69) is 32.2 Å². The molecular formula is C16H24FN. The molecule has 1 N–H and O–H groups in total. The molecule has 1 nitrogen and oxygen atoms in total. The molecule has 0 aliphatic heterocycles. The standard InChI is InChI=1S/C16H24FN/c1-16(2,3)18-11-13-7-5-9-15(13)12-6-4-8-14(17)10-12/h4,6,8,10,13,15,18H,5,7,9,11H2,1-3H3. The average Bonchev–Trinajstić information content (AvgIpc) is 2.73. The first-order chi connectivity index (χ1) is 8.46. The van der Waals surface area contributed by atoms with E-state index in [1.165, 1.54) is 30.9 Å². The average molecular weight is 249 g/mol. The maximum Gasteiger partial charge on any atom is 0.123 e. The van der Waals surface area contributed by atoms with Crippen LogP contribution in [-0.4, -0.2) is 12.1 Å². The van der Waals surface area contributed by atoms with E-state index >= 15 is 0 Å². The third kappa shape index (κ3) is 3.55. The monoisotopic (exact) mass is 249 g/mol. The summed E-state index contributed by atoms with van der Waals surface area (Å²) in [5.41, 5.74) is 1.34. The van der Waals surface area contributed by atoms with Crippen molar-refractivity contribution in [2.45, 2.75) is 51.5 Å². The van der Waals surface area contributed by atoms with E-state index in [-0.39, 0.29) is 11.4 Å². The van der Waals surface area contributed by atoms with E-state index in [4.69, 9.17) is 0 Å². The lowest BCUT2D eigenvalue weighted by molar-refractivity contribution is 0.356. The van der Waals surface area contributed by atoms with Gasteiger partial charge in [0.15, 0.2) is 0 Å². The van der Waals surface area contributed by atoms with Gasteiger partial charge in [-0.05, 0) is 69.7 Å². The Hall–Kier alpha value is -0.890. The lowest BCUT2D eigenvalue weighted by Gasteiger charge is -2.26. The van der Waals surface area contributed by atoms with Gasteiger partial charge < -0.3 is 5.32 Å². The number of hydrogen-bond acceptors (Lipinski definition) is 1. The Morgan fingerprint density at radius 2 is 2.06 bits per heavy atom. The Morgan fingerprint density at radius 1 is 1.28 bits per heavy atom. The SMILES string of the molecule is CC(C)(C)NCC1CCCC1c1cccc(F)c1. The van der Waals surface area contributed by atoms with Crippen LogP contribution in [0.25, 0.3) is 0 Å². The molecule has 0 heterocycles. The number of benzene rings is 1. The van der Waals surface area contributed by atoms with Crippen molar-refractivity contribution in [1.29, 1.82) is 0 Å². The summed E-state index contributed by atoms with van der Waals surface area (Å²) >= 11 is 0. The Labute approximate surface area is 110 Å². The highest BCUT2D eigenvalue weighted by atomic mass is 19.1. The third-order valence-electron chi connectivity index (χ3n) is 3.83. The van der Waals surface area contributed by atoms with Crippen molar-refractivity contribution in [2.24, 2.45) is 5.92 Å². The summed E-state index contributed by atoms with van der Waals surface area (Å²) in [6.45, 7) is 7.61. The van der Waals surface area contributed by atoms with Crippen LogP contribution >= 0.6 is 0 Å². The van der Waals surface area contributed by atoms with E-state index in [0.29, 0.717) is 11.8 Å². The number of nitrogens with one attached hydrogen (secondary N) is 1. The van der Waals surface area contributed by atoms with Gasteiger partial charge in [0.1, 0.15) is 5.82 Å². The van der Waals surface area contributed by atoms with Crippen molar-refractivity contribution in [3.05, 3.63) is 35.6 Å². The molecule has 0 spiro atoms. The molecule has 2 heteroatoms. The van der Waals surface area contributed by atoms with Gasteiger partial charge in [0.05, 0.1) is 0 Å². The minimum Gasteiger partial charge on any atom is -0.312 e. The number of rotatable bonds is 3. The largest absolute Gasteiger partial charge is 0.312 e. The van der Waals surface area contributed by atoms with E-state index in [9.17, 15) is 4.39 Å². The van der Waals surface area contributed by atoms with E-state index in [0.717, 1.165) is 6.54 Å². The predicted molar refractivity (Wildman–Crippen MR) is 74.2 cm³/mol. The summed E-state index contributed by atoms with van der Waals surface area (Å²) in [5.74, 6) is 1.06. The van der Waals surface area contributed by atoms with Crippen molar-refractivity contribution in [1.82, 2.24) is 5.32 Å². The van der Waals surface area contributed by atoms with Crippen molar-refractivity contribution in [3.8, 4) is 0 Å². The molecule has 0 radical (unpaired) electrons. The van der Waals surface area contributed by atoms with Gasteiger partial charge >= 0.3 is 0 Å². The number of hydrogen-bond donors (Lipinski definition) is 1. The first-order valence-corrected chi connectivity index (χ1v) is 6.96. The fourth-order valence-electron chi connectivity index (χ4n) is 2.89. The molecule has 0 amide bonds. The fourth-order valence-corrected chi connectivity index (χ4v) is 2.89. The second-order valence-corrected chi connectivity index (χ2v) is 6.48. The fraction of sp³-hybridized carbons (Fsp3) is 0.625.